The van der Waals surface area contributed by atoms with E-state index in [2.05, 4.69) is 0 Å². The van der Waals surface area contributed by atoms with Crippen LogP contribution in [0.15, 0.2) is 52.9 Å². The standard InChI is InChI=1S/C19H16O3S/c1-12-6-7-16-15(8-12)18(23)11-17(22-16)14-5-3-4-13(9-14)10-19(20)21-2/h3-9,11H,10H2,1-2H3. The summed E-state index contributed by atoms with van der Waals surface area (Å²) < 4.78 is 11.4. The van der Waals surface area contributed by atoms with E-state index in [-0.39, 0.29) is 12.4 Å². The van der Waals surface area contributed by atoms with Crippen molar-refractivity contribution in [2.75, 3.05) is 7.11 Å². The molecule has 3 aromatic rings. The van der Waals surface area contributed by atoms with Gasteiger partial charge in [-0.3, -0.25) is 4.79 Å². The second-order valence-corrected chi connectivity index (χ2v) is 5.87. The molecular weight excluding hydrogens is 308 g/mol. The number of benzene rings is 2. The van der Waals surface area contributed by atoms with E-state index in [4.69, 9.17) is 21.4 Å². The van der Waals surface area contributed by atoms with E-state index in [1.807, 2.05) is 55.5 Å². The maximum atomic E-state index is 11.4. The molecule has 3 rings (SSSR count). The van der Waals surface area contributed by atoms with Crippen molar-refractivity contribution >= 4 is 29.2 Å². The van der Waals surface area contributed by atoms with E-state index in [9.17, 15) is 4.79 Å². The van der Waals surface area contributed by atoms with Gasteiger partial charge in [-0.25, -0.2) is 0 Å². The summed E-state index contributed by atoms with van der Waals surface area (Å²) in [4.78, 5) is 11.4. The number of carbonyl (C=O) groups is 1. The van der Waals surface area contributed by atoms with Gasteiger partial charge in [0.25, 0.3) is 0 Å². The highest BCUT2D eigenvalue weighted by Crippen LogP contribution is 2.27. The van der Waals surface area contributed by atoms with Gasteiger partial charge < -0.3 is 9.15 Å². The number of hydrogen-bond donors (Lipinski definition) is 0. The van der Waals surface area contributed by atoms with Crippen molar-refractivity contribution in [1.82, 2.24) is 0 Å². The zero-order valence-electron chi connectivity index (χ0n) is 13.0. The van der Waals surface area contributed by atoms with Gasteiger partial charge in [-0.15, -0.1) is 0 Å². The Kier molecular flexibility index (Phi) is 4.26. The van der Waals surface area contributed by atoms with Crippen molar-refractivity contribution in [2.24, 2.45) is 0 Å². The molecule has 1 aromatic heterocycles. The summed E-state index contributed by atoms with van der Waals surface area (Å²) in [6.07, 6.45) is 0.234. The van der Waals surface area contributed by atoms with Gasteiger partial charge in [0.15, 0.2) is 0 Å². The Balaban J connectivity index is 2.06. The fourth-order valence-electron chi connectivity index (χ4n) is 2.49. The number of hydrogen-bond acceptors (Lipinski definition) is 4. The lowest BCUT2D eigenvalue weighted by molar-refractivity contribution is -0.139. The molecule has 0 aliphatic heterocycles. The Labute approximate surface area is 139 Å². The topological polar surface area (TPSA) is 39.4 Å². The summed E-state index contributed by atoms with van der Waals surface area (Å²) in [5, 5.41) is 0.939. The van der Waals surface area contributed by atoms with Gasteiger partial charge in [-0.1, -0.05) is 42.0 Å². The van der Waals surface area contributed by atoms with Crippen LogP contribution in [-0.4, -0.2) is 13.1 Å². The molecule has 0 saturated carbocycles. The number of methoxy groups -OCH3 is 1. The quantitative estimate of drug-likeness (QED) is 0.510. The average molecular weight is 324 g/mol. The molecule has 0 bridgehead atoms. The summed E-state index contributed by atoms with van der Waals surface area (Å²) in [5.41, 5.74) is 3.67. The van der Waals surface area contributed by atoms with Crippen molar-refractivity contribution in [2.45, 2.75) is 13.3 Å². The lowest BCUT2D eigenvalue weighted by Gasteiger charge is -2.07. The number of fused-ring (bicyclic) bond motifs is 1. The molecule has 0 spiro atoms. The number of rotatable bonds is 3. The highest BCUT2D eigenvalue weighted by atomic mass is 32.1. The molecule has 2 aromatic carbocycles. The largest absolute Gasteiger partial charge is 0.469 e. The summed E-state index contributed by atoms with van der Waals surface area (Å²) in [6.45, 7) is 2.03. The molecule has 0 saturated heterocycles. The van der Waals surface area contributed by atoms with Gasteiger partial charge in [-0.05, 0) is 30.7 Å². The zero-order valence-corrected chi connectivity index (χ0v) is 13.8. The van der Waals surface area contributed by atoms with Crippen LogP contribution in [0, 0.1) is 11.4 Å². The minimum atomic E-state index is -0.267. The van der Waals surface area contributed by atoms with Gasteiger partial charge in [0, 0.05) is 17.0 Å². The number of ether oxygens (including phenoxy) is 1. The second kappa shape index (κ2) is 6.34. The van der Waals surface area contributed by atoms with Crippen LogP contribution in [0.3, 0.4) is 0 Å². The first kappa shape index (κ1) is 15.4. The van der Waals surface area contributed by atoms with Gasteiger partial charge in [0.2, 0.25) is 0 Å². The van der Waals surface area contributed by atoms with Crippen molar-refractivity contribution in [3.63, 3.8) is 0 Å². The molecule has 0 aliphatic carbocycles. The van der Waals surface area contributed by atoms with E-state index in [0.29, 0.717) is 5.76 Å². The molecule has 3 nitrogen and oxygen atoms in total. The van der Waals surface area contributed by atoms with Gasteiger partial charge in [0.05, 0.1) is 18.0 Å². The van der Waals surface area contributed by atoms with Crippen LogP contribution in [0.5, 0.6) is 0 Å². The Morgan fingerprint density at radius 3 is 2.78 bits per heavy atom. The molecule has 116 valence electrons. The molecule has 4 heteroatoms. The van der Waals surface area contributed by atoms with Crippen molar-refractivity contribution in [3.8, 4) is 11.3 Å². The Bertz CT molecular complexity index is 941. The van der Waals surface area contributed by atoms with Crippen molar-refractivity contribution in [3.05, 3.63) is 64.2 Å². The molecule has 1 heterocycles. The predicted molar refractivity (Wildman–Crippen MR) is 92.9 cm³/mol. The molecule has 23 heavy (non-hydrogen) atoms. The van der Waals surface area contributed by atoms with Crippen LogP contribution in [-0.2, 0) is 16.0 Å². The molecular formula is C19H16O3S. The number of carbonyl (C=O) groups excluding carboxylic acids is 1. The van der Waals surface area contributed by atoms with E-state index in [0.717, 1.165) is 32.2 Å². The van der Waals surface area contributed by atoms with Crippen LogP contribution in [0.4, 0.5) is 0 Å². The van der Waals surface area contributed by atoms with Crippen molar-refractivity contribution < 1.29 is 13.9 Å². The first-order valence-electron chi connectivity index (χ1n) is 7.27. The zero-order chi connectivity index (χ0) is 16.4. The van der Waals surface area contributed by atoms with Gasteiger partial charge in [-0.2, -0.15) is 0 Å². The fourth-order valence-corrected chi connectivity index (χ4v) is 2.75. The van der Waals surface area contributed by atoms with E-state index >= 15 is 0 Å². The van der Waals surface area contributed by atoms with Crippen LogP contribution >= 0.6 is 12.2 Å². The molecule has 0 unspecified atom stereocenters. The van der Waals surface area contributed by atoms with E-state index < -0.39 is 0 Å². The molecule has 0 amide bonds. The Hall–Kier alpha value is -2.46. The van der Waals surface area contributed by atoms with Crippen molar-refractivity contribution in [1.29, 1.82) is 0 Å². The molecule has 0 radical (unpaired) electrons. The fraction of sp³-hybridized carbons (Fsp3) is 0.158. The minimum Gasteiger partial charge on any atom is -0.469 e. The third kappa shape index (κ3) is 3.32. The van der Waals surface area contributed by atoms with Crippen LogP contribution in [0.25, 0.3) is 22.3 Å². The maximum Gasteiger partial charge on any atom is 0.309 e. The molecule has 0 fully saturated rings. The summed E-state index contributed by atoms with van der Waals surface area (Å²) in [5.74, 6) is 0.426. The van der Waals surface area contributed by atoms with Crippen LogP contribution < -0.4 is 0 Å². The SMILES string of the molecule is COC(=O)Cc1cccc(-c2cc(=S)c3cc(C)ccc3o2)c1. The third-order valence-electron chi connectivity index (χ3n) is 3.67. The normalized spacial score (nSPS) is 10.7. The first-order valence-corrected chi connectivity index (χ1v) is 7.68. The lowest BCUT2D eigenvalue weighted by Crippen LogP contribution is -2.04. The number of esters is 1. The second-order valence-electron chi connectivity index (χ2n) is 5.43. The smallest absolute Gasteiger partial charge is 0.309 e. The summed E-state index contributed by atoms with van der Waals surface area (Å²) in [7, 11) is 1.39. The van der Waals surface area contributed by atoms with E-state index in [1.54, 1.807) is 0 Å². The predicted octanol–water partition coefficient (Wildman–Crippen LogP) is 4.85. The monoisotopic (exact) mass is 324 g/mol. The first-order chi connectivity index (χ1) is 11.1. The summed E-state index contributed by atoms with van der Waals surface area (Å²) in [6, 6.07) is 15.5. The van der Waals surface area contributed by atoms with Gasteiger partial charge in [0.1, 0.15) is 11.3 Å². The average Bonchev–Trinajstić information content (AvgIpc) is 2.55. The lowest BCUT2D eigenvalue weighted by atomic mass is 10.1. The van der Waals surface area contributed by atoms with E-state index in [1.165, 1.54) is 7.11 Å². The highest BCUT2D eigenvalue weighted by Gasteiger charge is 2.08. The molecule has 0 aliphatic rings. The van der Waals surface area contributed by atoms with Crippen LogP contribution in [0.1, 0.15) is 11.1 Å². The third-order valence-corrected chi connectivity index (χ3v) is 4.01. The molecule has 0 N–H and O–H groups in total. The summed E-state index contributed by atoms with van der Waals surface area (Å²) >= 11 is 5.49. The Morgan fingerprint density at radius 2 is 2.00 bits per heavy atom. The highest BCUT2D eigenvalue weighted by molar-refractivity contribution is 7.71. The van der Waals surface area contributed by atoms with Gasteiger partial charge >= 0.3 is 5.97 Å². The maximum absolute atomic E-state index is 11.4. The minimum absolute atomic E-state index is 0.234. The Morgan fingerprint density at radius 1 is 1.17 bits per heavy atom. The number of aryl methyl sites for hydroxylation is 1. The molecule has 0 atom stereocenters. The van der Waals surface area contributed by atoms with Crippen LogP contribution in [0.2, 0.25) is 0 Å².